The zero-order chi connectivity index (χ0) is 33.9. The normalized spacial score (nSPS) is 12.2. The second-order valence-corrected chi connectivity index (χ2v) is 13.8. The van der Waals surface area contributed by atoms with E-state index < -0.39 is 0 Å². The van der Waals surface area contributed by atoms with Crippen molar-refractivity contribution < 1.29 is 0 Å². The molecule has 0 aliphatic heterocycles. The first kappa shape index (κ1) is 27.7. The summed E-state index contributed by atoms with van der Waals surface area (Å²) in [6, 6.07) is 61.0. The van der Waals surface area contributed by atoms with Gasteiger partial charge in [0.25, 0.3) is 0 Å². The molecule has 0 aliphatic carbocycles. The summed E-state index contributed by atoms with van der Waals surface area (Å²) in [5, 5.41) is 10.8. The van der Waals surface area contributed by atoms with Crippen LogP contribution in [0.25, 0.3) is 110 Å². The van der Waals surface area contributed by atoms with Gasteiger partial charge in [0, 0.05) is 48.7 Å². The van der Waals surface area contributed by atoms with Gasteiger partial charge in [-0.05, 0) is 40.8 Å². The molecule has 4 heteroatoms. The van der Waals surface area contributed by atoms with Gasteiger partial charge < -0.3 is 4.40 Å². The first-order valence-corrected chi connectivity index (χ1v) is 17.8. The number of fused-ring (bicyclic) bond motifs is 13. The Labute approximate surface area is 297 Å². The van der Waals surface area contributed by atoms with Crippen LogP contribution in [0.1, 0.15) is 0 Å². The summed E-state index contributed by atoms with van der Waals surface area (Å²) in [6.07, 6.45) is 0. The van der Waals surface area contributed by atoms with Crippen LogP contribution in [0.5, 0.6) is 0 Å². The van der Waals surface area contributed by atoms with E-state index in [0.29, 0.717) is 5.95 Å². The number of hydrogen-bond acceptors (Lipinski definition) is 2. The van der Waals surface area contributed by atoms with Gasteiger partial charge in [0.05, 0.1) is 38.8 Å². The zero-order valence-corrected chi connectivity index (χ0v) is 28.0. The van der Waals surface area contributed by atoms with Gasteiger partial charge in [0.1, 0.15) is 0 Å². The Morgan fingerprint density at radius 1 is 0.365 bits per heavy atom. The number of para-hydroxylation sites is 3. The molecule has 12 rings (SSSR count). The molecule has 0 spiro atoms. The number of aromatic nitrogens is 4. The Kier molecular flexibility index (Phi) is 5.47. The molecule has 0 saturated carbocycles. The third-order valence-electron chi connectivity index (χ3n) is 11.0. The fraction of sp³-hybridized carbons (Fsp3) is 0. The molecule has 0 bridgehead atoms. The van der Waals surface area contributed by atoms with Gasteiger partial charge >= 0.3 is 0 Å². The summed E-state index contributed by atoms with van der Waals surface area (Å²) in [4.78, 5) is 10.9. The van der Waals surface area contributed by atoms with Gasteiger partial charge in [0.2, 0.25) is 5.95 Å². The van der Waals surface area contributed by atoms with Crippen molar-refractivity contribution in [3.63, 3.8) is 0 Å². The maximum atomic E-state index is 5.54. The van der Waals surface area contributed by atoms with Gasteiger partial charge in [-0.1, -0.05) is 146 Å². The molecule has 0 saturated heterocycles. The molecule has 0 unspecified atom stereocenters. The van der Waals surface area contributed by atoms with E-state index in [1.807, 2.05) is 0 Å². The molecule has 4 heterocycles. The maximum Gasteiger partial charge on any atom is 0.235 e. The molecule has 8 aromatic carbocycles. The number of rotatable bonds is 3. The highest BCUT2D eigenvalue weighted by atomic mass is 15.2. The minimum atomic E-state index is 0.667. The summed E-state index contributed by atoms with van der Waals surface area (Å²) >= 11 is 0. The first-order chi connectivity index (χ1) is 25.8. The van der Waals surface area contributed by atoms with Crippen LogP contribution in [0, 0.1) is 0 Å². The number of benzene rings is 8. The van der Waals surface area contributed by atoms with Crippen LogP contribution in [0.2, 0.25) is 0 Å². The molecule has 0 atom stereocenters. The van der Waals surface area contributed by atoms with E-state index in [4.69, 9.17) is 9.97 Å². The number of nitrogens with zero attached hydrogens (tertiary/aromatic N) is 4. The number of hydrogen-bond donors (Lipinski definition) is 0. The van der Waals surface area contributed by atoms with Crippen molar-refractivity contribution in [2.24, 2.45) is 0 Å². The van der Waals surface area contributed by atoms with Gasteiger partial charge in [-0.3, -0.25) is 4.57 Å². The second-order valence-electron chi connectivity index (χ2n) is 13.8. The molecule has 4 nitrogen and oxygen atoms in total. The Hall–Kier alpha value is -7.04. The predicted molar refractivity (Wildman–Crippen MR) is 217 cm³/mol. The Bertz CT molecular complexity index is 3390. The maximum absolute atomic E-state index is 5.54. The van der Waals surface area contributed by atoms with Crippen LogP contribution in [-0.4, -0.2) is 18.9 Å². The fourth-order valence-electron chi connectivity index (χ4n) is 8.80. The molecular formula is C48H28N4. The molecule has 0 N–H and O–H groups in total. The zero-order valence-electron chi connectivity index (χ0n) is 28.0. The van der Waals surface area contributed by atoms with E-state index in [1.165, 1.54) is 70.8 Å². The lowest BCUT2D eigenvalue weighted by molar-refractivity contribution is 1.02. The summed E-state index contributed by atoms with van der Waals surface area (Å²) in [7, 11) is 0. The SMILES string of the molecule is c1ccc(-c2ccc(-c3nc(-n4c5c6ccccc6ccc5c5cc6c7ccccc7n7c8ccccc8c(c54)c67)nc4ccccc34)cc2)cc1. The van der Waals surface area contributed by atoms with Crippen LogP contribution >= 0.6 is 0 Å². The lowest BCUT2D eigenvalue weighted by atomic mass is 10.0. The first-order valence-electron chi connectivity index (χ1n) is 17.8. The minimum Gasteiger partial charge on any atom is -0.308 e. The van der Waals surface area contributed by atoms with Gasteiger partial charge in [-0.15, -0.1) is 0 Å². The average molecular weight is 661 g/mol. The topological polar surface area (TPSA) is 35.1 Å². The third-order valence-corrected chi connectivity index (χ3v) is 11.0. The Balaban J connectivity index is 1.26. The quantitative estimate of drug-likeness (QED) is 0.189. The lowest BCUT2D eigenvalue weighted by Gasteiger charge is -2.13. The van der Waals surface area contributed by atoms with Crippen molar-refractivity contribution in [2.45, 2.75) is 0 Å². The van der Waals surface area contributed by atoms with Crippen molar-refractivity contribution in [1.82, 2.24) is 18.9 Å². The van der Waals surface area contributed by atoms with E-state index in [2.05, 4.69) is 179 Å². The second kappa shape index (κ2) is 10.3. The highest BCUT2D eigenvalue weighted by molar-refractivity contribution is 6.35. The standard InChI is InChI=1S/C48H28N4/c1-2-12-29(13-3-1)30-22-24-32(25-23-30)44-36-17-6-9-19-40(36)49-48(50-44)52-45-33-15-5-4-14-31(33)26-27-35(45)39-28-38-34-16-7-10-20-41(34)51-42-21-11-8-18-37(42)43(46(38)51)47(39)52/h1-28H. The van der Waals surface area contributed by atoms with Crippen LogP contribution in [-0.2, 0) is 0 Å². The molecule has 0 amide bonds. The van der Waals surface area contributed by atoms with Crippen molar-refractivity contribution in [2.75, 3.05) is 0 Å². The van der Waals surface area contributed by atoms with Crippen LogP contribution in [0.4, 0.5) is 0 Å². The molecule has 4 aromatic heterocycles. The largest absolute Gasteiger partial charge is 0.308 e. The van der Waals surface area contributed by atoms with Gasteiger partial charge in [-0.25, -0.2) is 9.97 Å². The van der Waals surface area contributed by atoms with Crippen molar-refractivity contribution in [1.29, 1.82) is 0 Å². The molecule has 240 valence electrons. The van der Waals surface area contributed by atoms with Gasteiger partial charge in [-0.2, -0.15) is 0 Å². The fourth-order valence-corrected chi connectivity index (χ4v) is 8.80. The summed E-state index contributed by atoms with van der Waals surface area (Å²) < 4.78 is 4.82. The van der Waals surface area contributed by atoms with Crippen LogP contribution < -0.4 is 0 Å². The van der Waals surface area contributed by atoms with Crippen LogP contribution in [0.3, 0.4) is 0 Å². The molecule has 52 heavy (non-hydrogen) atoms. The van der Waals surface area contributed by atoms with E-state index >= 15 is 0 Å². The highest BCUT2D eigenvalue weighted by Crippen LogP contribution is 2.47. The molecule has 12 aromatic rings. The van der Waals surface area contributed by atoms with Crippen LogP contribution in [0.15, 0.2) is 170 Å². The summed E-state index contributed by atoms with van der Waals surface area (Å²) in [6.45, 7) is 0. The third kappa shape index (κ3) is 3.65. The van der Waals surface area contributed by atoms with Crippen molar-refractivity contribution >= 4 is 81.6 Å². The molecule has 0 aliphatic rings. The van der Waals surface area contributed by atoms with E-state index in [1.54, 1.807) is 0 Å². The molecule has 0 radical (unpaired) electrons. The monoisotopic (exact) mass is 660 g/mol. The Morgan fingerprint density at radius 2 is 0.981 bits per heavy atom. The van der Waals surface area contributed by atoms with Crippen molar-refractivity contribution in [3.8, 4) is 28.3 Å². The van der Waals surface area contributed by atoms with Gasteiger partial charge in [0.15, 0.2) is 0 Å². The molecule has 0 fully saturated rings. The highest BCUT2D eigenvalue weighted by Gasteiger charge is 2.26. The van der Waals surface area contributed by atoms with E-state index in [0.717, 1.165) is 33.2 Å². The predicted octanol–water partition coefficient (Wildman–Crippen LogP) is 12.4. The minimum absolute atomic E-state index is 0.667. The van der Waals surface area contributed by atoms with Crippen molar-refractivity contribution in [3.05, 3.63) is 170 Å². The smallest absolute Gasteiger partial charge is 0.235 e. The summed E-state index contributed by atoms with van der Waals surface area (Å²) in [5.74, 6) is 0.667. The lowest BCUT2D eigenvalue weighted by Crippen LogP contribution is -2.04. The van der Waals surface area contributed by atoms with E-state index in [9.17, 15) is 0 Å². The summed E-state index contributed by atoms with van der Waals surface area (Å²) in [5.41, 5.74) is 11.2. The molecular weight excluding hydrogens is 633 g/mol. The average Bonchev–Trinajstić information content (AvgIpc) is 3.86. The van der Waals surface area contributed by atoms with E-state index in [-0.39, 0.29) is 0 Å². The Morgan fingerprint density at radius 3 is 1.81 bits per heavy atom.